The molecular formula is C14H16F3N3O3. The summed E-state index contributed by atoms with van der Waals surface area (Å²) >= 11 is 0. The molecule has 0 radical (unpaired) electrons. The largest absolute Gasteiger partial charge is 0.573 e. The first kappa shape index (κ1) is 16.9. The molecule has 0 aliphatic heterocycles. The highest BCUT2D eigenvalue weighted by Crippen LogP contribution is 2.40. The molecule has 0 heterocycles. The number of hydrazine groups is 1. The topological polar surface area (TPSA) is 99.6 Å². The van der Waals surface area contributed by atoms with Gasteiger partial charge in [0.1, 0.15) is 17.6 Å². The molecule has 1 aliphatic carbocycles. The van der Waals surface area contributed by atoms with Crippen molar-refractivity contribution in [2.75, 3.05) is 0 Å². The van der Waals surface area contributed by atoms with Crippen LogP contribution >= 0.6 is 0 Å². The second-order valence-corrected chi connectivity index (χ2v) is 5.07. The minimum absolute atomic E-state index is 0.0397. The van der Waals surface area contributed by atoms with Crippen LogP contribution in [0.15, 0.2) is 35.8 Å². The van der Waals surface area contributed by atoms with Gasteiger partial charge in [-0.05, 0) is 36.5 Å². The molecule has 0 aromatic heterocycles. The molecule has 1 saturated carbocycles. The number of hydrogen-bond acceptors (Lipinski definition) is 6. The Kier molecular flexibility index (Phi) is 4.99. The summed E-state index contributed by atoms with van der Waals surface area (Å²) in [5, 5.41) is 0. The highest BCUT2D eigenvalue weighted by Gasteiger charge is 2.33. The fraction of sp³-hybridized carbons (Fsp3) is 0.357. The Morgan fingerprint density at radius 1 is 1.26 bits per heavy atom. The lowest BCUT2D eigenvalue weighted by Crippen LogP contribution is -2.33. The van der Waals surface area contributed by atoms with Crippen molar-refractivity contribution in [1.29, 1.82) is 0 Å². The van der Waals surface area contributed by atoms with E-state index in [9.17, 15) is 18.0 Å². The second-order valence-electron chi connectivity index (χ2n) is 5.07. The number of ether oxygens (including phenoxy) is 2. The van der Waals surface area contributed by atoms with Gasteiger partial charge in [0.25, 0.3) is 0 Å². The van der Waals surface area contributed by atoms with E-state index in [1.165, 1.54) is 12.1 Å². The Labute approximate surface area is 130 Å². The van der Waals surface area contributed by atoms with E-state index in [2.05, 4.69) is 10.2 Å². The Bertz CT molecular complexity index is 581. The third-order valence-corrected chi connectivity index (χ3v) is 3.51. The highest BCUT2D eigenvalue weighted by atomic mass is 19.4. The number of nitrogens with one attached hydrogen (secondary N) is 1. The van der Waals surface area contributed by atoms with Gasteiger partial charge in [0.15, 0.2) is 6.29 Å². The Balaban J connectivity index is 1.88. The maximum atomic E-state index is 12.1. The van der Waals surface area contributed by atoms with E-state index in [1.807, 2.05) is 0 Å². The summed E-state index contributed by atoms with van der Waals surface area (Å²) in [6.45, 7) is 0. The average Bonchev–Trinajstić information content (AvgIpc) is 2.43. The summed E-state index contributed by atoms with van der Waals surface area (Å²) in [6.07, 6.45) is -3.15. The third-order valence-electron chi connectivity index (χ3n) is 3.51. The van der Waals surface area contributed by atoms with E-state index in [0.717, 1.165) is 5.56 Å². The summed E-state index contributed by atoms with van der Waals surface area (Å²) < 4.78 is 45.4. The minimum Gasteiger partial charge on any atom is -0.474 e. The predicted molar refractivity (Wildman–Crippen MR) is 74.6 cm³/mol. The zero-order valence-corrected chi connectivity index (χ0v) is 12.0. The third kappa shape index (κ3) is 4.52. The van der Waals surface area contributed by atoms with Gasteiger partial charge in [-0.25, -0.2) is 0 Å². The van der Waals surface area contributed by atoms with Crippen LogP contribution in [-0.4, -0.2) is 18.8 Å². The molecule has 9 heteroatoms. The van der Waals surface area contributed by atoms with Crippen molar-refractivity contribution in [2.45, 2.75) is 31.2 Å². The molecule has 0 amide bonds. The van der Waals surface area contributed by atoms with Gasteiger partial charge in [0.05, 0.1) is 0 Å². The Morgan fingerprint density at radius 3 is 2.35 bits per heavy atom. The van der Waals surface area contributed by atoms with E-state index in [-0.39, 0.29) is 29.4 Å². The van der Waals surface area contributed by atoms with Crippen LogP contribution in [0.3, 0.4) is 0 Å². The molecule has 23 heavy (non-hydrogen) atoms. The molecule has 1 aliphatic rings. The van der Waals surface area contributed by atoms with Crippen LogP contribution in [0.1, 0.15) is 24.3 Å². The first-order valence-corrected chi connectivity index (χ1v) is 6.76. The monoisotopic (exact) mass is 331 g/mol. The van der Waals surface area contributed by atoms with E-state index < -0.39 is 6.36 Å². The summed E-state index contributed by atoms with van der Waals surface area (Å²) in [5.41, 5.74) is 8.55. The first-order valence-electron chi connectivity index (χ1n) is 6.76. The van der Waals surface area contributed by atoms with Gasteiger partial charge >= 0.3 is 6.36 Å². The summed E-state index contributed by atoms with van der Waals surface area (Å²) in [6, 6.07) is 5.71. The van der Waals surface area contributed by atoms with E-state index in [4.69, 9.17) is 16.3 Å². The van der Waals surface area contributed by atoms with E-state index in [0.29, 0.717) is 19.1 Å². The normalized spacial score (nSPS) is 21.7. The van der Waals surface area contributed by atoms with E-state index >= 15 is 0 Å². The molecule has 0 saturated heterocycles. The van der Waals surface area contributed by atoms with Gasteiger partial charge in [-0.3, -0.25) is 10.6 Å². The molecule has 0 bridgehead atoms. The Morgan fingerprint density at radius 2 is 1.87 bits per heavy atom. The first-order chi connectivity index (χ1) is 10.8. The summed E-state index contributed by atoms with van der Waals surface area (Å²) in [4.78, 5) is 10.6. The van der Waals surface area contributed by atoms with Gasteiger partial charge in [-0.15, -0.1) is 13.2 Å². The molecule has 0 unspecified atom stereocenters. The molecule has 1 fully saturated rings. The average molecular weight is 331 g/mol. The molecule has 1 aromatic carbocycles. The number of halogens is 3. The van der Waals surface area contributed by atoms with Crippen LogP contribution in [0.2, 0.25) is 0 Å². The number of nitrogens with two attached hydrogens (primary N) is 2. The van der Waals surface area contributed by atoms with Crippen molar-refractivity contribution < 1.29 is 27.4 Å². The van der Waals surface area contributed by atoms with Crippen molar-refractivity contribution in [1.82, 2.24) is 5.43 Å². The molecule has 6 nitrogen and oxygen atoms in total. The lowest BCUT2D eigenvalue weighted by atomic mass is 9.77. The van der Waals surface area contributed by atoms with Gasteiger partial charge in [0, 0.05) is 0 Å². The lowest BCUT2D eigenvalue weighted by molar-refractivity contribution is -0.274. The fourth-order valence-electron chi connectivity index (χ4n) is 2.28. The molecule has 2 rings (SSSR count). The summed E-state index contributed by atoms with van der Waals surface area (Å²) in [5.74, 6) is 4.91. The minimum atomic E-state index is -4.70. The second kappa shape index (κ2) is 6.78. The number of aldehydes is 1. The molecular weight excluding hydrogens is 315 g/mol. The number of alkyl halides is 3. The van der Waals surface area contributed by atoms with Gasteiger partial charge in [0.2, 0.25) is 5.88 Å². The maximum Gasteiger partial charge on any atom is 0.573 e. The zero-order valence-electron chi connectivity index (χ0n) is 12.0. The molecule has 0 spiro atoms. The smallest absolute Gasteiger partial charge is 0.474 e. The fourth-order valence-corrected chi connectivity index (χ4v) is 2.28. The van der Waals surface area contributed by atoms with E-state index in [1.54, 1.807) is 12.1 Å². The molecule has 1 aromatic rings. The zero-order chi connectivity index (χ0) is 17.0. The number of benzene rings is 1. The standard InChI is InChI=1S/C14H16F3N3O3/c15-14(16,17)23-10-3-1-8(2-4-10)9-5-11(6-9)22-13(18)12(7-21)20-19/h1-4,7,9,11,20H,5-6,18-19H2/b13-12+. The van der Waals surface area contributed by atoms with Gasteiger partial charge in [-0.1, -0.05) is 12.1 Å². The molecule has 5 N–H and O–H groups in total. The maximum absolute atomic E-state index is 12.1. The van der Waals surface area contributed by atoms with Crippen LogP contribution < -0.4 is 21.7 Å². The van der Waals surface area contributed by atoms with Crippen molar-refractivity contribution in [3.63, 3.8) is 0 Å². The van der Waals surface area contributed by atoms with Crippen LogP contribution in [-0.2, 0) is 9.53 Å². The van der Waals surface area contributed by atoms with Crippen molar-refractivity contribution >= 4 is 6.29 Å². The lowest BCUT2D eigenvalue weighted by Gasteiger charge is -2.35. The highest BCUT2D eigenvalue weighted by molar-refractivity contribution is 5.72. The number of carbonyl (C=O) groups is 1. The van der Waals surface area contributed by atoms with Crippen LogP contribution in [0.5, 0.6) is 5.75 Å². The SMILES string of the molecule is NN/C(C=O)=C(\N)OC1CC(c2ccc(OC(F)(F)F)cc2)C1. The van der Waals surface area contributed by atoms with Crippen molar-refractivity contribution in [3.8, 4) is 5.75 Å². The van der Waals surface area contributed by atoms with Crippen molar-refractivity contribution in [3.05, 3.63) is 41.4 Å². The predicted octanol–water partition coefficient (Wildman–Crippen LogP) is 1.64. The van der Waals surface area contributed by atoms with Gasteiger partial charge < -0.3 is 20.6 Å². The number of carbonyl (C=O) groups excluding carboxylic acids is 1. The quantitative estimate of drug-likeness (QED) is 0.241. The number of allylic oxidation sites excluding steroid dienone is 1. The molecule has 126 valence electrons. The van der Waals surface area contributed by atoms with Gasteiger partial charge in [-0.2, -0.15) is 0 Å². The van der Waals surface area contributed by atoms with Crippen LogP contribution in [0, 0.1) is 0 Å². The van der Waals surface area contributed by atoms with Crippen LogP contribution in [0.4, 0.5) is 13.2 Å². The number of hydrogen-bond donors (Lipinski definition) is 3. The Hall–Kier alpha value is -2.42. The summed E-state index contributed by atoms with van der Waals surface area (Å²) in [7, 11) is 0. The van der Waals surface area contributed by atoms with Crippen molar-refractivity contribution in [2.24, 2.45) is 11.6 Å². The number of rotatable bonds is 6. The van der Waals surface area contributed by atoms with Crippen LogP contribution in [0.25, 0.3) is 0 Å². The molecule has 0 atom stereocenters.